The van der Waals surface area contributed by atoms with Gasteiger partial charge >= 0.3 is 0 Å². The molecule has 0 unspecified atom stereocenters. The Morgan fingerprint density at radius 2 is 2.00 bits per heavy atom. The van der Waals surface area contributed by atoms with Crippen molar-refractivity contribution in [2.45, 2.75) is 45.4 Å². The second kappa shape index (κ2) is 8.44. The van der Waals surface area contributed by atoms with Crippen LogP contribution in [0.2, 0.25) is 0 Å². The van der Waals surface area contributed by atoms with Gasteiger partial charge in [0.1, 0.15) is 0 Å². The normalized spacial score (nSPS) is 22.7. The van der Waals surface area contributed by atoms with Crippen LogP contribution in [-0.4, -0.2) is 11.8 Å². The molecule has 0 radical (unpaired) electrons. The molecule has 0 aromatic heterocycles. The minimum atomic E-state index is -1.06. The number of carbonyl (C=O) groups excluding carboxylic acids is 2. The second-order valence-corrected chi connectivity index (χ2v) is 7.14. The minimum Gasteiger partial charge on any atom is -0.550 e. The van der Waals surface area contributed by atoms with Crippen LogP contribution in [0.15, 0.2) is 34.3 Å². The molecular weight excluding hydrogens is 356 g/mol. The third-order valence-corrected chi connectivity index (χ3v) is 4.99. The maximum atomic E-state index is 12.7. The molecule has 3 nitrogen and oxygen atoms in total. The molecule has 23 heavy (non-hydrogen) atoms. The van der Waals surface area contributed by atoms with Gasteiger partial charge in [0.15, 0.2) is 5.78 Å². The number of hydrogen-bond acceptors (Lipinski definition) is 3. The van der Waals surface area contributed by atoms with Crippen molar-refractivity contribution in [2.24, 2.45) is 11.8 Å². The van der Waals surface area contributed by atoms with E-state index in [0.29, 0.717) is 6.42 Å². The zero-order valence-electron chi connectivity index (χ0n) is 13.4. The lowest BCUT2D eigenvalue weighted by Crippen LogP contribution is -2.27. The molecule has 2 rings (SSSR count). The summed E-state index contributed by atoms with van der Waals surface area (Å²) in [6.07, 6.45) is 6.34. The Morgan fingerprint density at radius 3 is 2.61 bits per heavy atom. The van der Waals surface area contributed by atoms with E-state index < -0.39 is 5.97 Å². The first-order valence-electron chi connectivity index (χ1n) is 8.21. The highest BCUT2D eigenvalue weighted by atomic mass is 79.9. The molecule has 0 amide bonds. The molecule has 0 aliphatic heterocycles. The fraction of sp³-hybridized carbons (Fsp3) is 0.474. The van der Waals surface area contributed by atoms with Gasteiger partial charge in [-0.05, 0) is 54.5 Å². The summed E-state index contributed by atoms with van der Waals surface area (Å²) in [7, 11) is 0. The summed E-state index contributed by atoms with van der Waals surface area (Å²) >= 11 is 3.39. The zero-order chi connectivity index (χ0) is 16.8. The van der Waals surface area contributed by atoms with Crippen molar-refractivity contribution >= 4 is 33.8 Å². The molecule has 1 saturated carbocycles. The number of allylic oxidation sites excluding steroid dienone is 1. The Hall–Kier alpha value is -1.42. The zero-order valence-corrected chi connectivity index (χ0v) is 15.0. The standard InChI is InChI=1S/C19H23BrO3/c1-2-3-4-5-17-14(12-18(21)22)11-15(19(17)23)10-13-6-8-16(20)9-7-13/h6-10,14,17H,2-5,11-12H2,1H3,(H,21,22)/p-1/t14-,17-/m1/s1. The predicted molar refractivity (Wildman–Crippen MR) is 92.5 cm³/mol. The summed E-state index contributed by atoms with van der Waals surface area (Å²) in [5, 5.41) is 11.0. The SMILES string of the molecule is CCCCC[C@H]1C(=O)C(=Cc2ccc(Br)cc2)C[C@@H]1CC(=O)[O-]. The van der Waals surface area contributed by atoms with Crippen LogP contribution >= 0.6 is 15.9 Å². The number of aliphatic carboxylic acids is 1. The average molecular weight is 378 g/mol. The molecule has 0 N–H and O–H groups in total. The summed E-state index contributed by atoms with van der Waals surface area (Å²) in [5.41, 5.74) is 1.72. The lowest BCUT2D eigenvalue weighted by molar-refractivity contribution is -0.307. The van der Waals surface area contributed by atoms with E-state index in [4.69, 9.17) is 0 Å². The van der Waals surface area contributed by atoms with Crippen molar-refractivity contribution < 1.29 is 14.7 Å². The first kappa shape index (κ1) is 17.9. The molecule has 0 spiro atoms. The van der Waals surface area contributed by atoms with Crippen LogP contribution in [0.4, 0.5) is 0 Å². The molecule has 0 heterocycles. The Morgan fingerprint density at radius 1 is 1.30 bits per heavy atom. The van der Waals surface area contributed by atoms with Crippen LogP contribution in [-0.2, 0) is 9.59 Å². The topological polar surface area (TPSA) is 57.2 Å². The molecule has 1 aliphatic carbocycles. The van der Waals surface area contributed by atoms with Gasteiger partial charge in [-0.2, -0.15) is 0 Å². The van der Waals surface area contributed by atoms with E-state index in [1.165, 1.54) is 0 Å². The first-order valence-corrected chi connectivity index (χ1v) is 9.00. The number of benzene rings is 1. The lowest BCUT2D eigenvalue weighted by atomic mass is 9.88. The van der Waals surface area contributed by atoms with E-state index in [0.717, 1.165) is 41.3 Å². The fourth-order valence-electron chi connectivity index (χ4n) is 3.28. The summed E-state index contributed by atoms with van der Waals surface area (Å²) in [6, 6.07) is 7.76. The van der Waals surface area contributed by atoms with E-state index in [1.807, 2.05) is 30.3 Å². The number of rotatable bonds is 7. The number of unbranched alkanes of at least 4 members (excludes halogenated alkanes) is 2. The molecule has 1 aromatic carbocycles. The molecular formula is C19H22BrO3-. The largest absolute Gasteiger partial charge is 0.550 e. The van der Waals surface area contributed by atoms with Crippen molar-refractivity contribution in [3.63, 3.8) is 0 Å². The van der Waals surface area contributed by atoms with Gasteiger partial charge in [0.05, 0.1) is 0 Å². The highest BCUT2D eigenvalue weighted by Gasteiger charge is 2.37. The van der Waals surface area contributed by atoms with Crippen LogP contribution in [0.25, 0.3) is 6.08 Å². The highest BCUT2D eigenvalue weighted by Crippen LogP contribution is 2.39. The van der Waals surface area contributed by atoms with Crippen molar-refractivity contribution in [1.29, 1.82) is 0 Å². The van der Waals surface area contributed by atoms with E-state index in [2.05, 4.69) is 22.9 Å². The van der Waals surface area contributed by atoms with Crippen LogP contribution < -0.4 is 5.11 Å². The van der Waals surface area contributed by atoms with Gasteiger partial charge < -0.3 is 9.90 Å². The molecule has 1 aromatic rings. The Bertz CT molecular complexity index is 589. The van der Waals surface area contributed by atoms with E-state index in [-0.39, 0.29) is 24.0 Å². The molecule has 1 aliphatic rings. The van der Waals surface area contributed by atoms with Crippen LogP contribution in [0, 0.1) is 11.8 Å². The van der Waals surface area contributed by atoms with E-state index >= 15 is 0 Å². The molecule has 4 heteroatoms. The smallest absolute Gasteiger partial charge is 0.162 e. The maximum Gasteiger partial charge on any atom is 0.162 e. The monoisotopic (exact) mass is 377 g/mol. The lowest BCUT2D eigenvalue weighted by Gasteiger charge is -2.17. The third-order valence-electron chi connectivity index (χ3n) is 4.46. The Balaban J connectivity index is 2.16. The molecule has 1 fully saturated rings. The van der Waals surface area contributed by atoms with Crippen LogP contribution in [0.3, 0.4) is 0 Å². The number of Topliss-reactive ketones (excluding diaryl/α,β-unsaturated/α-hetero) is 1. The quantitative estimate of drug-likeness (QED) is 0.536. The van der Waals surface area contributed by atoms with Crippen LogP contribution in [0.5, 0.6) is 0 Å². The van der Waals surface area contributed by atoms with E-state index in [9.17, 15) is 14.7 Å². The number of hydrogen-bond donors (Lipinski definition) is 0. The average Bonchev–Trinajstić information content (AvgIpc) is 2.78. The van der Waals surface area contributed by atoms with Crippen LogP contribution in [0.1, 0.15) is 51.0 Å². The summed E-state index contributed by atoms with van der Waals surface area (Å²) in [6.45, 7) is 2.12. The molecule has 124 valence electrons. The Kier molecular flexibility index (Phi) is 6.58. The van der Waals surface area contributed by atoms with Crippen molar-refractivity contribution in [2.75, 3.05) is 0 Å². The third kappa shape index (κ3) is 5.03. The number of ketones is 1. The fourth-order valence-corrected chi connectivity index (χ4v) is 3.54. The minimum absolute atomic E-state index is 0.0276. The van der Waals surface area contributed by atoms with Gasteiger partial charge in [-0.15, -0.1) is 0 Å². The van der Waals surface area contributed by atoms with Crippen molar-refractivity contribution in [1.82, 2.24) is 0 Å². The van der Waals surface area contributed by atoms with Gasteiger partial charge in [-0.1, -0.05) is 54.2 Å². The van der Waals surface area contributed by atoms with Gasteiger partial charge in [0.25, 0.3) is 0 Å². The number of carboxylic acids is 1. The van der Waals surface area contributed by atoms with Gasteiger partial charge in [-0.3, -0.25) is 4.79 Å². The number of carboxylic acid groups (broad SMARTS) is 1. The van der Waals surface area contributed by atoms with Gasteiger partial charge in [-0.25, -0.2) is 0 Å². The second-order valence-electron chi connectivity index (χ2n) is 6.23. The highest BCUT2D eigenvalue weighted by molar-refractivity contribution is 9.10. The summed E-state index contributed by atoms with van der Waals surface area (Å²) in [4.78, 5) is 23.7. The summed E-state index contributed by atoms with van der Waals surface area (Å²) in [5.74, 6) is -1.23. The summed E-state index contributed by atoms with van der Waals surface area (Å²) < 4.78 is 0.990. The van der Waals surface area contributed by atoms with Crippen molar-refractivity contribution in [3.05, 3.63) is 39.9 Å². The maximum absolute atomic E-state index is 12.7. The van der Waals surface area contributed by atoms with Crippen molar-refractivity contribution in [3.8, 4) is 0 Å². The molecule has 0 saturated heterocycles. The first-order chi connectivity index (χ1) is 11.0. The number of halogens is 1. The molecule has 0 bridgehead atoms. The Labute approximate surface area is 145 Å². The van der Waals surface area contributed by atoms with Gasteiger partial charge in [0.2, 0.25) is 0 Å². The van der Waals surface area contributed by atoms with E-state index in [1.54, 1.807) is 0 Å². The molecule has 2 atom stereocenters. The van der Waals surface area contributed by atoms with Gasteiger partial charge in [0, 0.05) is 16.4 Å². The number of carbonyl (C=O) groups is 2. The predicted octanol–water partition coefficient (Wildman–Crippen LogP) is 3.76.